The second kappa shape index (κ2) is 3.09. The second-order valence-electron chi connectivity index (χ2n) is 4.82. The number of hydrogen-bond donors (Lipinski definition) is 1. The lowest BCUT2D eigenvalue weighted by Gasteiger charge is -1.97. The highest BCUT2D eigenvalue weighted by molar-refractivity contribution is 8.06. The van der Waals surface area contributed by atoms with Gasteiger partial charge in [-0.2, -0.15) is 4.98 Å². The molecule has 2 N–H and O–H groups in total. The summed E-state index contributed by atoms with van der Waals surface area (Å²) in [6, 6.07) is 0.153. The number of aromatic nitrogens is 1. The van der Waals surface area contributed by atoms with E-state index < -0.39 is 7.14 Å². The standard InChI is InChI=1S/C12H13N2O3P/c1-2-3-4-5-6-7(14-12(13)16-6)8-9-10-11(17-8)18(9,10)15/h2-5H2,1H3,(H2,13,14). The SMILES string of the molecule is CCCCCc1oc(N)nc1-c1oc2c3c1P23=O. The predicted octanol–water partition coefficient (Wildman–Crippen LogP) is 1.52. The first-order valence-electron chi connectivity index (χ1n) is 6.22. The van der Waals surface area contributed by atoms with Gasteiger partial charge in [-0.1, -0.05) is 19.8 Å². The molecule has 5 nitrogen and oxygen atoms in total. The van der Waals surface area contributed by atoms with Crippen LogP contribution < -0.4 is 21.8 Å². The molecule has 18 heavy (non-hydrogen) atoms. The smallest absolute Gasteiger partial charge is 0.292 e. The average Bonchev–Trinajstić information content (AvgIpc) is 2.90. The van der Waals surface area contributed by atoms with Crippen molar-refractivity contribution in [2.24, 2.45) is 0 Å². The molecule has 5 heterocycles. The maximum Gasteiger partial charge on any atom is 0.292 e. The van der Waals surface area contributed by atoms with Crippen molar-refractivity contribution in [3.8, 4) is 11.5 Å². The second-order valence-corrected chi connectivity index (χ2v) is 7.34. The Morgan fingerprint density at radius 2 is 2.06 bits per heavy atom. The van der Waals surface area contributed by atoms with Crippen molar-refractivity contribution in [3.63, 3.8) is 0 Å². The van der Waals surface area contributed by atoms with Gasteiger partial charge in [0.05, 0.1) is 10.6 Å². The Labute approximate surface area is 104 Å². The summed E-state index contributed by atoms with van der Waals surface area (Å²) in [4.78, 5) is 4.17. The lowest BCUT2D eigenvalue weighted by molar-refractivity contribution is 0.508. The molecule has 0 fully saturated rings. The minimum Gasteiger partial charge on any atom is -0.449 e. The predicted molar refractivity (Wildman–Crippen MR) is 68.4 cm³/mol. The number of hydrogen-bond acceptors (Lipinski definition) is 5. The molecule has 94 valence electrons. The van der Waals surface area contributed by atoms with E-state index in [0.717, 1.165) is 42.1 Å². The fraction of sp³-hybridized carbons (Fsp3) is 0.417. The fourth-order valence-electron chi connectivity index (χ4n) is 2.51. The molecule has 0 amide bonds. The summed E-state index contributed by atoms with van der Waals surface area (Å²) in [6.45, 7) is 2.15. The maximum atomic E-state index is 11.9. The topological polar surface area (TPSA) is 82.3 Å². The summed E-state index contributed by atoms with van der Waals surface area (Å²) in [5.41, 5.74) is 6.95. The van der Waals surface area contributed by atoms with Crippen molar-refractivity contribution >= 4 is 29.3 Å². The Kier molecular flexibility index (Phi) is 1.80. The highest BCUT2D eigenvalue weighted by atomic mass is 31.2. The van der Waals surface area contributed by atoms with Crippen LogP contribution in [0.3, 0.4) is 0 Å². The molecule has 3 aliphatic rings. The summed E-state index contributed by atoms with van der Waals surface area (Å²) in [7, 11) is -2.19. The van der Waals surface area contributed by atoms with Crippen LogP contribution in [0, 0.1) is 0 Å². The van der Waals surface area contributed by atoms with E-state index in [2.05, 4.69) is 11.9 Å². The van der Waals surface area contributed by atoms with E-state index in [9.17, 15) is 4.57 Å². The van der Waals surface area contributed by atoms with Gasteiger partial charge in [0.15, 0.2) is 17.0 Å². The molecule has 1 unspecified atom stereocenters. The average molecular weight is 264 g/mol. The number of rotatable bonds is 5. The Bertz CT molecular complexity index is 704. The zero-order valence-corrected chi connectivity index (χ0v) is 10.9. The van der Waals surface area contributed by atoms with Crippen LogP contribution in [0.5, 0.6) is 0 Å². The highest BCUT2D eigenvalue weighted by Gasteiger charge is 2.75. The van der Waals surface area contributed by atoms with Gasteiger partial charge in [0, 0.05) is 6.42 Å². The van der Waals surface area contributed by atoms with Gasteiger partial charge in [-0.3, -0.25) is 0 Å². The Morgan fingerprint density at radius 1 is 1.28 bits per heavy atom. The summed E-state index contributed by atoms with van der Waals surface area (Å²) in [5.74, 6) is 1.39. The van der Waals surface area contributed by atoms with Crippen molar-refractivity contribution in [2.75, 3.05) is 5.73 Å². The van der Waals surface area contributed by atoms with Crippen LogP contribution in [0.25, 0.3) is 11.5 Å². The zero-order chi connectivity index (χ0) is 12.5. The Balaban J connectivity index is 1.67. The Hall–Kier alpha value is -1.48. The van der Waals surface area contributed by atoms with Gasteiger partial charge in [0.25, 0.3) is 6.01 Å². The molecule has 2 bridgehead atoms. The van der Waals surface area contributed by atoms with Gasteiger partial charge in [-0.25, -0.2) is 0 Å². The molecule has 6 heteroatoms. The van der Waals surface area contributed by atoms with Crippen molar-refractivity contribution < 1.29 is 13.4 Å². The van der Waals surface area contributed by atoms with Crippen LogP contribution in [0.2, 0.25) is 0 Å². The largest absolute Gasteiger partial charge is 0.449 e. The fourth-order valence-corrected chi connectivity index (χ4v) is 5.00. The quantitative estimate of drug-likeness (QED) is 0.436. The Morgan fingerprint density at radius 3 is 2.67 bits per heavy atom. The molecule has 0 saturated carbocycles. The van der Waals surface area contributed by atoms with Gasteiger partial charge in [0.1, 0.15) is 5.76 Å². The lowest BCUT2D eigenvalue weighted by atomic mass is 10.1. The summed E-state index contributed by atoms with van der Waals surface area (Å²) in [5, 5.41) is 1.82. The number of furan rings is 1. The van der Waals surface area contributed by atoms with E-state index in [1.807, 2.05) is 0 Å². The van der Waals surface area contributed by atoms with Crippen LogP contribution >= 0.6 is 7.14 Å². The van der Waals surface area contributed by atoms with Crippen LogP contribution in [-0.4, -0.2) is 4.98 Å². The number of oxazole rings is 1. The number of unbranched alkanes of at least 4 members (excludes halogenated alkanes) is 2. The molecular weight excluding hydrogens is 251 g/mol. The molecule has 0 aliphatic carbocycles. The summed E-state index contributed by atoms with van der Waals surface area (Å²) < 4.78 is 22.9. The summed E-state index contributed by atoms with van der Waals surface area (Å²) in [6.07, 6.45) is 4.11. The van der Waals surface area contributed by atoms with Gasteiger partial charge in [-0.05, 0) is 6.42 Å². The molecule has 2 aromatic heterocycles. The number of fused-ring (bicyclic) bond motifs is 1. The molecule has 0 radical (unpaired) electrons. The van der Waals surface area contributed by atoms with Crippen molar-refractivity contribution in [1.82, 2.24) is 4.98 Å². The number of nitrogens with zero attached hydrogens (tertiary/aromatic N) is 1. The van der Waals surface area contributed by atoms with Crippen molar-refractivity contribution in [3.05, 3.63) is 5.76 Å². The van der Waals surface area contributed by atoms with Gasteiger partial charge in [0.2, 0.25) is 7.14 Å². The first-order valence-corrected chi connectivity index (χ1v) is 7.92. The van der Waals surface area contributed by atoms with Crippen LogP contribution in [0.1, 0.15) is 31.9 Å². The minimum absolute atomic E-state index is 0.153. The molecular formula is C12H13N2O3P. The zero-order valence-electron chi connectivity index (χ0n) is 10.0. The summed E-state index contributed by atoms with van der Waals surface area (Å²) >= 11 is 0. The first kappa shape index (κ1) is 10.4. The van der Waals surface area contributed by atoms with E-state index in [4.69, 9.17) is 14.6 Å². The number of nitrogens with two attached hydrogens (primary N) is 1. The van der Waals surface area contributed by atoms with Crippen molar-refractivity contribution in [2.45, 2.75) is 32.6 Å². The third-order valence-electron chi connectivity index (χ3n) is 3.59. The van der Waals surface area contributed by atoms with E-state index in [0.29, 0.717) is 17.0 Å². The molecule has 0 spiro atoms. The normalized spacial score (nSPS) is 22.1. The van der Waals surface area contributed by atoms with Gasteiger partial charge < -0.3 is 19.1 Å². The first-order chi connectivity index (χ1) is 8.67. The van der Waals surface area contributed by atoms with Crippen LogP contribution in [0.4, 0.5) is 6.01 Å². The van der Waals surface area contributed by atoms with E-state index >= 15 is 0 Å². The van der Waals surface area contributed by atoms with Crippen molar-refractivity contribution in [1.29, 1.82) is 0 Å². The number of aryl methyl sites for hydroxylation is 1. The molecule has 5 rings (SSSR count). The lowest BCUT2D eigenvalue weighted by Crippen LogP contribution is -1.97. The molecule has 1 atom stereocenters. The van der Waals surface area contributed by atoms with Crippen LogP contribution in [0.15, 0.2) is 8.83 Å². The van der Waals surface area contributed by atoms with E-state index in [1.54, 1.807) is 0 Å². The molecule has 2 aromatic rings. The molecule has 0 saturated heterocycles. The molecule has 3 aliphatic heterocycles. The van der Waals surface area contributed by atoms with Crippen LogP contribution in [-0.2, 0) is 11.0 Å². The highest BCUT2D eigenvalue weighted by Crippen LogP contribution is 2.70. The minimum atomic E-state index is -2.19. The van der Waals surface area contributed by atoms with E-state index in [1.165, 1.54) is 0 Å². The van der Waals surface area contributed by atoms with Gasteiger partial charge in [-0.15, -0.1) is 0 Å². The maximum absolute atomic E-state index is 11.9. The third kappa shape index (κ3) is 1.08. The van der Waals surface area contributed by atoms with E-state index in [-0.39, 0.29) is 6.01 Å². The number of nitrogen functional groups attached to an aromatic ring is 1. The third-order valence-corrected chi connectivity index (χ3v) is 6.15. The number of anilines is 1. The van der Waals surface area contributed by atoms with Gasteiger partial charge >= 0.3 is 0 Å². The molecule has 0 aromatic carbocycles. The monoisotopic (exact) mass is 264 g/mol.